The summed E-state index contributed by atoms with van der Waals surface area (Å²) in [6, 6.07) is 0. The first kappa shape index (κ1) is 6.81. The molecule has 0 radical (unpaired) electrons. The van der Waals surface area contributed by atoms with Crippen LogP contribution in [0, 0.1) is 5.41 Å². The van der Waals surface area contributed by atoms with Crippen molar-refractivity contribution < 1.29 is 5.11 Å². The summed E-state index contributed by atoms with van der Waals surface area (Å²) in [5.74, 6) is 0. The van der Waals surface area contributed by atoms with Gasteiger partial charge in [-0.2, -0.15) is 0 Å². The Balaban J connectivity index is 2.66. The zero-order valence-electron chi connectivity index (χ0n) is 6.09. The number of rotatable bonds is 0. The SMILES string of the molecule is CC1(C)CCC=CC1O. The van der Waals surface area contributed by atoms with Crippen LogP contribution in [0.3, 0.4) is 0 Å². The normalized spacial score (nSPS) is 32.6. The smallest absolute Gasteiger partial charge is 0.0771 e. The minimum absolute atomic E-state index is 0.106. The molecule has 0 bridgehead atoms. The van der Waals surface area contributed by atoms with Crippen molar-refractivity contribution in [1.82, 2.24) is 0 Å². The Hall–Kier alpha value is -0.300. The van der Waals surface area contributed by atoms with Gasteiger partial charge in [-0.25, -0.2) is 0 Å². The summed E-state index contributed by atoms with van der Waals surface area (Å²) in [6.45, 7) is 4.20. The molecule has 1 heteroatoms. The Kier molecular flexibility index (Phi) is 1.62. The van der Waals surface area contributed by atoms with Crippen LogP contribution in [0.1, 0.15) is 26.7 Å². The summed E-state index contributed by atoms with van der Waals surface area (Å²) < 4.78 is 0. The third kappa shape index (κ3) is 1.33. The first-order chi connectivity index (χ1) is 4.13. The predicted molar refractivity (Wildman–Crippen MR) is 38.2 cm³/mol. The molecule has 1 nitrogen and oxygen atoms in total. The molecule has 1 rings (SSSR count). The molecular formula is C8H14O. The van der Waals surface area contributed by atoms with E-state index in [9.17, 15) is 5.11 Å². The average Bonchev–Trinajstić information content (AvgIpc) is 1.77. The summed E-state index contributed by atoms with van der Waals surface area (Å²) in [7, 11) is 0. The highest BCUT2D eigenvalue weighted by molar-refractivity contribution is 5.01. The van der Waals surface area contributed by atoms with Crippen LogP contribution >= 0.6 is 0 Å². The molecule has 0 spiro atoms. The maximum Gasteiger partial charge on any atom is 0.0771 e. The monoisotopic (exact) mass is 126 g/mol. The zero-order chi connectivity index (χ0) is 6.91. The molecule has 0 saturated heterocycles. The molecule has 1 unspecified atom stereocenters. The maximum atomic E-state index is 9.35. The minimum Gasteiger partial charge on any atom is -0.388 e. The second-order valence-electron chi connectivity index (χ2n) is 3.40. The van der Waals surface area contributed by atoms with Crippen molar-refractivity contribution >= 4 is 0 Å². The van der Waals surface area contributed by atoms with Crippen molar-refractivity contribution in [1.29, 1.82) is 0 Å². The van der Waals surface area contributed by atoms with Crippen molar-refractivity contribution in [2.24, 2.45) is 5.41 Å². The Labute approximate surface area is 56.4 Å². The molecule has 1 N–H and O–H groups in total. The molecule has 0 heterocycles. The number of aliphatic hydroxyl groups excluding tert-OH is 1. The molecule has 1 aliphatic carbocycles. The van der Waals surface area contributed by atoms with Gasteiger partial charge in [-0.15, -0.1) is 0 Å². The molecule has 52 valence electrons. The molecule has 0 aromatic carbocycles. The van der Waals surface area contributed by atoms with Gasteiger partial charge in [-0.05, 0) is 18.3 Å². The van der Waals surface area contributed by atoms with E-state index in [4.69, 9.17) is 0 Å². The Morgan fingerprint density at radius 1 is 1.56 bits per heavy atom. The molecule has 0 aromatic rings. The van der Waals surface area contributed by atoms with Crippen LogP contribution < -0.4 is 0 Å². The number of allylic oxidation sites excluding steroid dienone is 1. The van der Waals surface area contributed by atoms with E-state index < -0.39 is 0 Å². The van der Waals surface area contributed by atoms with Gasteiger partial charge in [-0.3, -0.25) is 0 Å². The molecule has 1 atom stereocenters. The number of hydrogen-bond acceptors (Lipinski definition) is 1. The topological polar surface area (TPSA) is 20.2 Å². The van der Waals surface area contributed by atoms with E-state index in [0.717, 1.165) is 12.8 Å². The Morgan fingerprint density at radius 3 is 2.56 bits per heavy atom. The van der Waals surface area contributed by atoms with E-state index >= 15 is 0 Å². The van der Waals surface area contributed by atoms with E-state index in [1.807, 2.05) is 6.08 Å². The fourth-order valence-corrected chi connectivity index (χ4v) is 1.09. The van der Waals surface area contributed by atoms with E-state index in [-0.39, 0.29) is 11.5 Å². The van der Waals surface area contributed by atoms with Gasteiger partial charge in [0.25, 0.3) is 0 Å². The van der Waals surface area contributed by atoms with Gasteiger partial charge in [0, 0.05) is 0 Å². The van der Waals surface area contributed by atoms with Crippen molar-refractivity contribution in [3.63, 3.8) is 0 Å². The van der Waals surface area contributed by atoms with Crippen LogP contribution in [0.5, 0.6) is 0 Å². The first-order valence-electron chi connectivity index (χ1n) is 3.48. The molecule has 0 aliphatic heterocycles. The fourth-order valence-electron chi connectivity index (χ4n) is 1.09. The van der Waals surface area contributed by atoms with Crippen LogP contribution in [0.2, 0.25) is 0 Å². The van der Waals surface area contributed by atoms with Crippen LogP contribution in [-0.4, -0.2) is 11.2 Å². The van der Waals surface area contributed by atoms with E-state index in [2.05, 4.69) is 19.9 Å². The lowest BCUT2D eigenvalue weighted by molar-refractivity contribution is 0.0776. The second-order valence-corrected chi connectivity index (χ2v) is 3.40. The second kappa shape index (κ2) is 2.14. The molecule has 0 aromatic heterocycles. The average molecular weight is 126 g/mol. The van der Waals surface area contributed by atoms with E-state index in [1.165, 1.54) is 0 Å². The molecule has 9 heavy (non-hydrogen) atoms. The lowest BCUT2D eigenvalue weighted by Gasteiger charge is -2.30. The first-order valence-corrected chi connectivity index (χ1v) is 3.48. The van der Waals surface area contributed by atoms with Crippen molar-refractivity contribution in [3.8, 4) is 0 Å². The summed E-state index contributed by atoms with van der Waals surface area (Å²) in [4.78, 5) is 0. The molecular weight excluding hydrogens is 112 g/mol. The summed E-state index contributed by atoms with van der Waals surface area (Å²) in [5.41, 5.74) is 0.106. The summed E-state index contributed by atoms with van der Waals surface area (Å²) in [5, 5.41) is 9.35. The maximum absolute atomic E-state index is 9.35. The third-order valence-electron chi connectivity index (χ3n) is 2.07. The third-order valence-corrected chi connectivity index (χ3v) is 2.07. The number of aliphatic hydroxyl groups is 1. The lowest BCUT2D eigenvalue weighted by Crippen LogP contribution is -2.29. The van der Waals surface area contributed by atoms with Gasteiger partial charge < -0.3 is 5.11 Å². The van der Waals surface area contributed by atoms with Crippen LogP contribution in [0.15, 0.2) is 12.2 Å². The van der Waals surface area contributed by atoms with Crippen LogP contribution in [-0.2, 0) is 0 Å². The lowest BCUT2D eigenvalue weighted by atomic mass is 9.79. The molecule has 0 saturated carbocycles. The van der Waals surface area contributed by atoms with Crippen molar-refractivity contribution in [2.45, 2.75) is 32.8 Å². The van der Waals surface area contributed by atoms with Crippen LogP contribution in [0.4, 0.5) is 0 Å². The highest BCUT2D eigenvalue weighted by Gasteiger charge is 2.26. The molecule has 0 amide bonds. The van der Waals surface area contributed by atoms with Gasteiger partial charge in [0.1, 0.15) is 0 Å². The minimum atomic E-state index is -0.230. The fraction of sp³-hybridized carbons (Fsp3) is 0.750. The van der Waals surface area contributed by atoms with Gasteiger partial charge in [-0.1, -0.05) is 26.0 Å². The molecule has 0 fully saturated rings. The van der Waals surface area contributed by atoms with Gasteiger partial charge in [0.05, 0.1) is 6.10 Å². The van der Waals surface area contributed by atoms with E-state index in [1.54, 1.807) is 0 Å². The van der Waals surface area contributed by atoms with Crippen LogP contribution in [0.25, 0.3) is 0 Å². The Bertz CT molecular complexity index is 125. The summed E-state index contributed by atoms with van der Waals surface area (Å²) in [6.07, 6.45) is 5.93. The van der Waals surface area contributed by atoms with Crippen molar-refractivity contribution in [2.75, 3.05) is 0 Å². The quantitative estimate of drug-likeness (QED) is 0.490. The largest absolute Gasteiger partial charge is 0.388 e. The zero-order valence-corrected chi connectivity index (χ0v) is 6.09. The summed E-state index contributed by atoms with van der Waals surface area (Å²) >= 11 is 0. The standard InChI is InChI=1S/C8H14O/c1-8(2)6-4-3-5-7(8)9/h3,5,7,9H,4,6H2,1-2H3. The van der Waals surface area contributed by atoms with Gasteiger partial charge >= 0.3 is 0 Å². The highest BCUT2D eigenvalue weighted by atomic mass is 16.3. The Morgan fingerprint density at radius 2 is 2.22 bits per heavy atom. The number of hydrogen-bond donors (Lipinski definition) is 1. The van der Waals surface area contributed by atoms with Gasteiger partial charge in [0.15, 0.2) is 0 Å². The predicted octanol–water partition coefficient (Wildman–Crippen LogP) is 1.72. The highest BCUT2D eigenvalue weighted by Crippen LogP contribution is 2.31. The van der Waals surface area contributed by atoms with E-state index in [0.29, 0.717) is 0 Å². The van der Waals surface area contributed by atoms with Gasteiger partial charge in [0.2, 0.25) is 0 Å². The van der Waals surface area contributed by atoms with Crippen molar-refractivity contribution in [3.05, 3.63) is 12.2 Å². The molecule has 1 aliphatic rings.